The average Bonchev–Trinajstić information content (AvgIpc) is 2.72. The Kier molecular flexibility index (Phi) is 4.91. The van der Waals surface area contributed by atoms with E-state index in [1.807, 2.05) is 28.8 Å². The van der Waals surface area contributed by atoms with E-state index in [0.29, 0.717) is 25.3 Å². The molecule has 0 saturated heterocycles. The molecule has 1 aromatic heterocycles. The Morgan fingerprint density at radius 1 is 1.15 bits per heavy atom. The number of alkyl halides is 4. The number of aryl methyl sites for hydroxylation is 2. The van der Waals surface area contributed by atoms with E-state index in [4.69, 9.17) is 11.6 Å². The number of hydrogen-bond donors (Lipinski definition) is 0. The topological polar surface area (TPSA) is 17.8 Å². The van der Waals surface area contributed by atoms with E-state index in [-0.39, 0.29) is 6.42 Å². The molecule has 0 aliphatic heterocycles. The standard InChI is InChI=1S/C14H16ClF3N2/c15-9-7-13-19-11-5-1-2-6-12(11)20(13)10-4-3-8-14(16,17)18/h1-2,5-6H,3-4,7-10H2. The van der Waals surface area contributed by atoms with Crippen LogP contribution >= 0.6 is 11.6 Å². The molecule has 110 valence electrons. The highest BCUT2D eigenvalue weighted by molar-refractivity contribution is 6.17. The van der Waals surface area contributed by atoms with Crippen molar-refractivity contribution in [1.82, 2.24) is 9.55 Å². The van der Waals surface area contributed by atoms with Crippen molar-refractivity contribution in [3.8, 4) is 0 Å². The third-order valence-electron chi connectivity index (χ3n) is 3.14. The molecule has 1 aromatic carbocycles. The van der Waals surface area contributed by atoms with Gasteiger partial charge in [-0.2, -0.15) is 13.2 Å². The van der Waals surface area contributed by atoms with Gasteiger partial charge in [-0.15, -0.1) is 11.6 Å². The van der Waals surface area contributed by atoms with E-state index in [1.54, 1.807) is 0 Å². The minimum atomic E-state index is -4.07. The number of fused-ring (bicyclic) bond motifs is 1. The Morgan fingerprint density at radius 2 is 1.90 bits per heavy atom. The highest BCUT2D eigenvalue weighted by atomic mass is 35.5. The van der Waals surface area contributed by atoms with Crippen LogP contribution in [0.25, 0.3) is 11.0 Å². The van der Waals surface area contributed by atoms with Crippen molar-refractivity contribution in [3.05, 3.63) is 30.1 Å². The van der Waals surface area contributed by atoms with Crippen molar-refractivity contribution in [2.24, 2.45) is 0 Å². The van der Waals surface area contributed by atoms with Crippen LogP contribution in [0.1, 0.15) is 25.1 Å². The Hall–Kier alpha value is -1.23. The smallest absolute Gasteiger partial charge is 0.328 e. The van der Waals surface area contributed by atoms with Crippen molar-refractivity contribution in [2.75, 3.05) is 5.88 Å². The highest BCUT2D eigenvalue weighted by Crippen LogP contribution is 2.23. The van der Waals surface area contributed by atoms with Crippen LogP contribution in [0.5, 0.6) is 0 Å². The van der Waals surface area contributed by atoms with E-state index in [2.05, 4.69) is 4.98 Å². The second-order valence-electron chi connectivity index (χ2n) is 4.68. The van der Waals surface area contributed by atoms with Crippen LogP contribution in [0, 0.1) is 0 Å². The molecule has 2 rings (SSSR count). The van der Waals surface area contributed by atoms with E-state index in [9.17, 15) is 13.2 Å². The fraction of sp³-hybridized carbons (Fsp3) is 0.500. The molecule has 0 saturated carbocycles. The molecule has 0 bridgehead atoms. The maximum absolute atomic E-state index is 12.1. The first kappa shape index (κ1) is 15.2. The lowest BCUT2D eigenvalue weighted by atomic mass is 10.2. The summed E-state index contributed by atoms with van der Waals surface area (Å²) in [4.78, 5) is 4.49. The number of nitrogens with zero attached hydrogens (tertiary/aromatic N) is 2. The lowest BCUT2D eigenvalue weighted by Gasteiger charge is -2.09. The summed E-state index contributed by atoms with van der Waals surface area (Å²) in [6.07, 6.45) is -3.57. The van der Waals surface area contributed by atoms with Crippen LogP contribution < -0.4 is 0 Å². The van der Waals surface area contributed by atoms with E-state index >= 15 is 0 Å². The fourth-order valence-electron chi connectivity index (χ4n) is 2.25. The van der Waals surface area contributed by atoms with Gasteiger partial charge in [0.15, 0.2) is 0 Å². The minimum Gasteiger partial charge on any atom is -0.328 e. The summed E-state index contributed by atoms with van der Waals surface area (Å²) < 4.78 is 38.4. The van der Waals surface area contributed by atoms with E-state index in [1.165, 1.54) is 0 Å². The summed E-state index contributed by atoms with van der Waals surface area (Å²) in [5.74, 6) is 1.29. The first-order valence-corrected chi connectivity index (χ1v) is 7.11. The first-order chi connectivity index (χ1) is 9.51. The lowest BCUT2D eigenvalue weighted by Crippen LogP contribution is -2.09. The molecule has 2 aromatic rings. The normalized spacial score (nSPS) is 12.2. The van der Waals surface area contributed by atoms with Crippen molar-refractivity contribution in [1.29, 1.82) is 0 Å². The number of unbranched alkanes of at least 4 members (excludes halogenated alkanes) is 1. The molecule has 6 heteroatoms. The fourth-order valence-corrected chi connectivity index (χ4v) is 2.41. The van der Waals surface area contributed by atoms with Gasteiger partial charge < -0.3 is 4.57 Å². The molecule has 0 atom stereocenters. The maximum atomic E-state index is 12.1. The molecular weight excluding hydrogens is 289 g/mol. The molecule has 0 radical (unpaired) electrons. The lowest BCUT2D eigenvalue weighted by molar-refractivity contribution is -0.135. The minimum absolute atomic E-state index is 0.135. The van der Waals surface area contributed by atoms with Crippen molar-refractivity contribution in [3.63, 3.8) is 0 Å². The van der Waals surface area contributed by atoms with E-state index in [0.717, 1.165) is 16.9 Å². The van der Waals surface area contributed by atoms with Gasteiger partial charge in [-0.05, 0) is 25.0 Å². The summed E-state index contributed by atoms with van der Waals surface area (Å²) in [5, 5.41) is 0. The van der Waals surface area contributed by atoms with Gasteiger partial charge >= 0.3 is 6.18 Å². The number of hydrogen-bond acceptors (Lipinski definition) is 1. The molecule has 0 unspecified atom stereocenters. The zero-order valence-corrected chi connectivity index (χ0v) is 11.7. The van der Waals surface area contributed by atoms with Crippen molar-refractivity contribution < 1.29 is 13.2 Å². The van der Waals surface area contributed by atoms with Crippen LogP contribution in [0.15, 0.2) is 24.3 Å². The molecule has 0 N–H and O–H groups in total. The Labute approximate surface area is 120 Å². The summed E-state index contributed by atoms with van der Waals surface area (Å²) in [6, 6.07) is 7.64. The zero-order valence-electron chi connectivity index (χ0n) is 11.0. The summed E-state index contributed by atoms with van der Waals surface area (Å²) in [7, 11) is 0. The quantitative estimate of drug-likeness (QED) is 0.565. The van der Waals surface area contributed by atoms with Gasteiger partial charge in [0.1, 0.15) is 5.82 Å². The summed E-state index contributed by atoms with van der Waals surface area (Å²) >= 11 is 5.75. The van der Waals surface area contributed by atoms with Gasteiger partial charge in [-0.25, -0.2) is 4.98 Å². The van der Waals surface area contributed by atoms with Crippen LogP contribution in [0.3, 0.4) is 0 Å². The molecule has 20 heavy (non-hydrogen) atoms. The predicted molar refractivity (Wildman–Crippen MR) is 74.1 cm³/mol. The maximum Gasteiger partial charge on any atom is 0.389 e. The SMILES string of the molecule is FC(F)(F)CCCCn1c(CCCl)nc2ccccc21. The van der Waals surface area contributed by atoms with Crippen LogP contribution in [0.2, 0.25) is 0 Å². The van der Waals surface area contributed by atoms with Gasteiger partial charge in [-0.3, -0.25) is 0 Å². The molecule has 0 amide bonds. The van der Waals surface area contributed by atoms with Crippen LogP contribution in [-0.4, -0.2) is 21.6 Å². The molecule has 0 aliphatic carbocycles. The summed E-state index contributed by atoms with van der Waals surface area (Å²) in [6.45, 7) is 0.544. The van der Waals surface area contributed by atoms with Gasteiger partial charge in [0.2, 0.25) is 0 Å². The molecule has 0 aliphatic rings. The zero-order chi connectivity index (χ0) is 14.6. The number of para-hydroxylation sites is 2. The van der Waals surface area contributed by atoms with Gasteiger partial charge in [0.05, 0.1) is 11.0 Å². The first-order valence-electron chi connectivity index (χ1n) is 6.58. The second-order valence-corrected chi connectivity index (χ2v) is 5.06. The number of benzene rings is 1. The highest BCUT2D eigenvalue weighted by Gasteiger charge is 2.25. The van der Waals surface area contributed by atoms with E-state index < -0.39 is 12.6 Å². The van der Waals surface area contributed by atoms with Crippen molar-refractivity contribution in [2.45, 2.75) is 38.4 Å². The van der Waals surface area contributed by atoms with Gasteiger partial charge in [0.25, 0.3) is 0 Å². The Morgan fingerprint density at radius 3 is 2.60 bits per heavy atom. The molecule has 0 spiro atoms. The number of imidazole rings is 1. The largest absolute Gasteiger partial charge is 0.389 e. The van der Waals surface area contributed by atoms with Gasteiger partial charge in [-0.1, -0.05) is 12.1 Å². The van der Waals surface area contributed by atoms with Crippen LogP contribution in [-0.2, 0) is 13.0 Å². The van der Waals surface area contributed by atoms with Crippen LogP contribution in [0.4, 0.5) is 13.2 Å². The van der Waals surface area contributed by atoms with Crippen molar-refractivity contribution >= 4 is 22.6 Å². The Balaban J connectivity index is 2.09. The molecular formula is C14H16ClF3N2. The third kappa shape index (κ3) is 3.88. The molecule has 0 fully saturated rings. The number of rotatable bonds is 6. The average molecular weight is 305 g/mol. The second kappa shape index (κ2) is 6.48. The molecule has 1 heterocycles. The summed E-state index contributed by atoms with van der Waals surface area (Å²) in [5.41, 5.74) is 1.82. The number of aromatic nitrogens is 2. The van der Waals surface area contributed by atoms with Gasteiger partial charge in [0, 0.05) is 25.3 Å². The Bertz CT molecular complexity index is 563. The third-order valence-corrected chi connectivity index (χ3v) is 3.33. The molecule has 2 nitrogen and oxygen atoms in total. The monoisotopic (exact) mass is 304 g/mol. The predicted octanol–water partition coefficient (Wildman–Crippen LogP) is 4.55. The number of halogens is 4.